The van der Waals surface area contributed by atoms with Crippen molar-refractivity contribution >= 4 is 16.7 Å². The van der Waals surface area contributed by atoms with E-state index in [1.165, 1.54) is 0 Å². The molecule has 94 valence electrons. The van der Waals surface area contributed by atoms with Crippen molar-refractivity contribution in [2.45, 2.75) is 38.5 Å². The topological polar surface area (TPSA) is 49.4 Å². The van der Waals surface area contributed by atoms with Crippen molar-refractivity contribution in [1.29, 1.82) is 0 Å². The van der Waals surface area contributed by atoms with Crippen molar-refractivity contribution in [3.05, 3.63) is 0 Å². The van der Waals surface area contributed by atoms with Crippen LogP contribution in [-0.4, -0.2) is 45.8 Å². The Bertz CT molecular complexity index is 283. The minimum Gasteiger partial charge on any atom is -0.327 e. The maximum atomic E-state index is 12.0. The summed E-state index contributed by atoms with van der Waals surface area (Å²) in [6.45, 7) is 7.27. The summed E-state index contributed by atoms with van der Waals surface area (Å²) < 4.78 is 11.3. The molecule has 1 amide bonds. The van der Waals surface area contributed by atoms with Gasteiger partial charge in [-0.3, -0.25) is 14.3 Å². The largest absolute Gasteiger partial charge is 0.327 e. The molecule has 0 aromatic rings. The van der Waals surface area contributed by atoms with E-state index >= 15 is 0 Å². The van der Waals surface area contributed by atoms with Crippen molar-refractivity contribution in [2.75, 3.05) is 19.5 Å². The van der Waals surface area contributed by atoms with E-state index in [-0.39, 0.29) is 17.2 Å². The van der Waals surface area contributed by atoms with Crippen molar-refractivity contribution < 1.29 is 9.00 Å². The Hall–Kier alpha value is -0.420. The van der Waals surface area contributed by atoms with Crippen LogP contribution in [0.5, 0.6) is 0 Å². The van der Waals surface area contributed by atoms with Gasteiger partial charge in [-0.05, 0) is 12.8 Å². The van der Waals surface area contributed by atoms with E-state index < -0.39 is 10.8 Å². The van der Waals surface area contributed by atoms with E-state index in [4.69, 9.17) is 0 Å². The number of carbonyl (C=O) groups is 1. The molecule has 5 heteroatoms. The number of amides is 1. The maximum Gasteiger partial charge on any atom is 0.241 e. The second-order valence-electron chi connectivity index (χ2n) is 4.60. The zero-order valence-electron chi connectivity index (χ0n) is 10.5. The van der Waals surface area contributed by atoms with Crippen LogP contribution in [0.15, 0.2) is 0 Å². The van der Waals surface area contributed by atoms with Crippen LogP contribution in [0.2, 0.25) is 0 Å². The summed E-state index contributed by atoms with van der Waals surface area (Å²) in [7, 11) is -0.867. The summed E-state index contributed by atoms with van der Waals surface area (Å²) in [5.74, 6) is 0.520. The predicted octanol–water partition coefficient (Wildman–Crippen LogP) is 0.557. The molecule has 1 heterocycles. The van der Waals surface area contributed by atoms with Crippen LogP contribution in [0, 0.1) is 5.92 Å². The maximum absolute atomic E-state index is 12.0. The molecule has 0 bridgehead atoms. The molecular weight excluding hydrogens is 224 g/mol. The fraction of sp³-hybridized carbons (Fsp3) is 0.909. The van der Waals surface area contributed by atoms with Gasteiger partial charge in [-0.2, -0.15) is 0 Å². The highest BCUT2D eigenvalue weighted by Crippen LogP contribution is 2.15. The molecule has 1 fully saturated rings. The van der Waals surface area contributed by atoms with Crippen LogP contribution in [0.25, 0.3) is 0 Å². The molecule has 4 nitrogen and oxygen atoms in total. The summed E-state index contributed by atoms with van der Waals surface area (Å²) in [6.07, 6.45) is 2.68. The highest BCUT2D eigenvalue weighted by molar-refractivity contribution is 7.84. The quantitative estimate of drug-likeness (QED) is 0.771. The smallest absolute Gasteiger partial charge is 0.241 e. The molecule has 0 aromatic heterocycles. The van der Waals surface area contributed by atoms with Gasteiger partial charge in [0.25, 0.3) is 0 Å². The van der Waals surface area contributed by atoms with Gasteiger partial charge in [0.2, 0.25) is 5.91 Å². The number of hydrogen-bond donors (Lipinski definition) is 1. The Morgan fingerprint density at radius 2 is 2.19 bits per heavy atom. The summed E-state index contributed by atoms with van der Waals surface area (Å²) >= 11 is 0. The van der Waals surface area contributed by atoms with Crippen LogP contribution >= 0.6 is 0 Å². The third kappa shape index (κ3) is 3.04. The van der Waals surface area contributed by atoms with Gasteiger partial charge in [0.05, 0.1) is 12.7 Å². The lowest BCUT2D eigenvalue weighted by atomic mass is 9.99. The third-order valence-electron chi connectivity index (χ3n) is 3.34. The first-order chi connectivity index (χ1) is 7.47. The minimum absolute atomic E-state index is 0.0430. The van der Waals surface area contributed by atoms with Gasteiger partial charge >= 0.3 is 0 Å². The normalized spacial score (nSPS) is 26.9. The molecule has 1 N–H and O–H groups in total. The van der Waals surface area contributed by atoms with Crippen LogP contribution in [-0.2, 0) is 15.6 Å². The number of nitrogens with one attached hydrogen (secondary N) is 1. The molecule has 4 unspecified atom stereocenters. The molecule has 1 saturated heterocycles. The molecule has 0 aliphatic carbocycles. The Balaban J connectivity index is 2.54. The third-order valence-corrected chi connectivity index (χ3v) is 4.62. The molecule has 4 atom stereocenters. The van der Waals surface area contributed by atoms with Gasteiger partial charge in [-0.1, -0.05) is 20.3 Å². The van der Waals surface area contributed by atoms with E-state index in [2.05, 4.69) is 19.2 Å². The van der Waals surface area contributed by atoms with E-state index in [1.807, 2.05) is 6.92 Å². The van der Waals surface area contributed by atoms with Gasteiger partial charge < -0.3 is 4.90 Å². The Kier molecular flexibility index (Phi) is 4.92. The highest BCUT2D eigenvalue weighted by Gasteiger charge is 2.34. The fourth-order valence-corrected chi connectivity index (χ4v) is 2.21. The molecule has 1 aliphatic heterocycles. The highest BCUT2D eigenvalue weighted by atomic mass is 32.2. The fourth-order valence-electron chi connectivity index (χ4n) is 1.82. The van der Waals surface area contributed by atoms with Gasteiger partial charge in [-0.15, -0.1) is 0 Å². The average Bonchev–Trinajstić information content (AvgIpc) is 2.59. The van der Waals surface area contributed by atoms with Gasteiger partial charge in [-0.25, -0.2) is 0 Å². The summed E-state index contributed by atoms with van der Waals surface area (Å²) in [4.78, 5) is 13.8. The number of hydrogen-bond acceptors (Lipinski definition) is 3. The van der Waals surface area contributed by atoms with Crippen LogP contribution in [0.4, 0.5) is 0 Å². The van der Waals surface area contributed by atoms with Crippen molar-refractivity contribution in [3.8, 4) is 0 Å². The number of carbonyl (C=O) groups excluding carboxylic acids is 1. The zero-order valence-corrected chi connectivity index (χ0v) is 11.3. The Morgan fingerprint density at radius 3 is 2.69 bits per heavy atom. The molecule has 0 saturated carbocycles. The van der Waals surface area contributed by atoms with Gasteiger partial charge in [0.15, 0.2) is 0 Å². The number of rotatable bonds is 5. The van der Waals surface area contributed by atoms with Crippen LogP contribution < -0.4 is 5.32 Å². The van der Waals surface area contributed by atoms with Gasteiger partial charge in [0.1, 0.15) is 0 Å². The summed E-state index contributed by atoms with van der Waals surface area (Å²) in [6, 6.07) is -0.0532. The summed E-state index contributed by atoms with van der Waals surface area (Å²) in [5, 5.41) is 3.27. The molecule has 0 spiro atoms. The van der Waals surface area contributed by atoms with E-state index in [0.717, 1.165) is 6.42 Å². The average molecular weight is 246 g/mol. The predicted molar refractivity (Wildman–Crippen MR) is 66.5 cm³/mol. The van der Waals surface area contributed by atoms with Crippen molar-refractivity contribution in [1.82, 2.24) is 10.2 Å². The summed E-state index contributed by atoms with van der Waals surface area (Å²) in [5.41, 5.74) is 0. The molecule has 1 rings (SSSR count). The van der Waals surface area contributed by atoms with Crippen molar-refractivity contribution in [2.24, 2.45) is 5.92 Å². The lowest BCUT2D eigenvalue weighted by Gasteiger charge is -2.20. The number of nitrogens with zero attached hydrogens (tertiary/aromatic N) is 1. The second kappa shape index (κ2) is 5.77. The first kappa shape index (κ1) is 13.6. The van der Waals surface area contributed by atoms with Crippen LogP contribution in [0.1, 0.15) is 27.2 Å². The van der Waals surface area contributed by atoms with E-state index in [0.29, 0.717) is 19.1 Å². The molecule has 0 aromatic carbocycles. The Labute approximate surface area is 100 Å². The van der Waals surface area contributed by atoms with Gasteiger partial charge in [0, 0.05) is 28.9 Å². The standard InChI is InChI=1S/C11H22N2O2S/c1-5-8(2)10-11(14)13(7-12-10)6-9(3)16(4)15/h8-10,12H,5-7H2,1-4H3. The second-order valence-corrected chi connectivity index (χ2v) is 6.40. The van der Waals surface area contributed by atoms with E-state index in [9.17, 15) is 9.00 Å². The van der Waals surface area contributed by atoms with E-state index in [1.54, 1.807) is 11.2 Å². The monoisotopic (exact) mass is 246 g/mol. The first-order valence-corrected chi connectivity index (χ1v) is 7.43. The molecule has 0 radical (unpaired) electrons. The Morgan fingerprint density at radius 1 is 1.56 bits per heavy atom. The molecule has 1 aliphatic rings. The van der Waals surface area contributed by atoms with Crippen LogP contribution in [0.3, 0.4) is 0 Å². The minimum atomic E-state index is -0.867. The zero-order chi connectivity index (χ0) is 12.3. The lowest BCUT2D eigenvalue weighted by Crippen LogP contribution is -2.38. The van der Waals surface area contributed by atoms with Crippen molar-refractivity contribution in [3.63, 3.8) is 0 Å². The lowest BCUT2D eigenvalue weighted by molar-refractivity contribution is -0.129. The SMILES string of the molecule is CCC(C)C1NCN(CC(C)S(C)=O)C1=O. The molecular formula is C11H22N2O2S. The first-order valence-electron chi connectivity index (χ1n) is 5.81. The molecule has 16 heavy (non-hydrogen) atoms.